The molecule has 0 spiro atoms. The number of rotatable bonds is 6. The first-order valence-electron chi connectivity index (χ1n) is 9.40. The van der Waals surface area contributed by atoms with Crippen LogP contribution in [-0.2, 0) is 16.1 Å². The number of carbonyl (C=O) groups is 2. The van der Waals surface area contributed by atoms with E-state index in [1.54, 1.807) is 17.0 Å². The Kier molecular flexibility index (Phi) is 5.59. The second-order valence-corrected chi connectivity index (χ2v) is 6.71. The summed E-state index contributed by atoms with van der Waals surface area (Å²) < 4.78 is 16.4. The Balaban J connectivity index is 1.34. The van der Waals surface area contributed by atoms with Gasteiger partial charge in [0.05, 0.1) is 25.4 Å². The van der Waals surface area contributed by atoms with Gasteiger partial charge in [0, 0.05) is 26.2 Å². The minimum Gasteiger partial charge on any atom is -0.482 e. The molecule has 28 heavy (non-hydrogen) atoms. The Morgan fingerprint density at radius 1 is 1.11 bits per heavy atom. The SMILES string of the molecule is O=C(NCCN1CCOCC1)c1ccc(CN2C(=O)COc3ccccc32)o1. The molecule has 0 unspecified atom stereocenters. The number of benzene rings is 1. The van der Waals surface area contributed by atoms with Crippen molar-refractivity contribution in [2.45, 2.75) is 6.54 Å². The lowest BCUT2D eigenvalue weighted by atomic mass is 10.2. The maximum absolute atomic E-state index is 12.3. The molecular weight excluding hydrogens is 362 g/mol. The lowest BCUT2D eigenvalue weighted by Gasteiger charge is -2.28. The van der Waals surface area contributed by atoms with E-state index in [1.807, 2.05) is 24.3 Å². The second kappa shape index (κ2) is 8.45. The number of hydrogen-bond donors (Lipinski definition) is 1. The molecule has 1 aromatic carbocycles. The van der Waals surface area contributed by atoms with Crippen LogP contribution in [0.2, 0.25) is 0 Å². The summed E-state index contributed by atoms with van der Waals surface area (Å²) >= 11 is 0. The fraction of sp³-hybridized carbons (Fsp3) is 0.400. The first kappa shape index (κ1) is 18.5. The standard InChI is InChI=1S/C20H23N3O5/c24-19-14-27-17-4-2-1-3-16(17)23(19)13-15-5-6-18(28-15)20(25)21-7-8-22-9-11-26-12-10-22/h1-6H,7-14H2,(H,21,25). The van der Waals surface area contributed by atoms with Crippen molar-refractivity contribution in [3.05, 3.63) is 47.9 Å². The van der Waals surface area contributed by atoms with E-state index in [1.165, 1.54) is 0 Å². The Morgan fingerprint density at radius 2 is 1.93 bits per heavy atom. The van der Waals surface area contributed by atoms with Crippen LogP contribution in [0.4, 0.5) is 5.69 Å². The fourth-order valence-corrected chi connectivity index (χ4v) is 3.31. The zero-order valence-electron chi connectivity index (χ0n) is 15.6. The molecule has 2 aliphatic heterocycles. The average Bonchev–Trinajstić information content (AvgIpc) is 3.20. The average molecular weight is 385 g/mol. The summed E-state index contributed by atoms with van der Waals surface area (Å²) in [7, 11) is 0. The van der Waals surface area contributed by atoms with Crippen molar-refractivity contribution >= 4 is 17.5 Å². The first-order valence-corrected chi connectivity index (χ1v) is 9.40. The van der Waals surface area contributed by atoms with Crippen LogP contribution >= 0.6 is 0 Å². The highest BCUT2D eigenvalue weighted by atomic mass is 16.5. The molecule has 8 nitrogen and oxygen atoms in total. The summed E-state index contributed by atoms with van der Waals surface area (Å²) in [6, 6.07) is 10.7. The summed E-state index contributed by atoms with van der Waals surface area (Å²) in [5, 5.41) is 2.87. The van der Waals surface area contributed by atoms with Crippen LogP contribution in [0, 0.1) is 0 Å². The molecule has 0 aliphatic carbocycles. The van der Waals surface area contributed by atoms with Crippen LogP contribution in [0.5, 0.6) is 5.75 Å². The van der Waals surface area contributed by atoms with Gasteiger partial charge in [-0.2, -0.15) is 0 Å². The molecule has 1 saturated heterocycles. The minimum atomic E-state index is -0.256. The highest BCUT2D eigenvalue weighted by Gasteiger charge is 2.26. The topological polar surface area (TPSA) is 84.3 Å². The van der Waals surface area contributed by atoms with Gasteiger partial charge in [-0.3, -0.25) is 19.4 Å². The molecule has 2 aliphatic rings. The summed E-state index contributed by atoms with van der Waals surface area (Å²) in [6.45, 7) is 4.81. The number of anilines is 1. The van der Waals surface area contributed by atoms with E-state index in [-0.39, 0.29) is 30.7 Å². The van der Waals surface area contributed by atoms with Gasteiger partial charge in [-0.25, -0.2) is 0 Å². The molecule has 4 rings (SSSR count). The van der Waals surface area contributed by atoms with Gasteiger partial charge in [0.15, 0.2) is 12.4 Å². The van der Waals surface area contributed by atoms with Crippen LogP contribution in [0.15, 0.2) is 40.8 Å². The normalized spacial score (nSPS) is 17.1. The molecular formula is C20H23N3O5. The highest BCUT2D eigenvalue weighted by Crippen LogP contribution is 2.32. The number of amides is 2. The molecule has 0 bridgehead atoms. The van der Waals surface area contributed by atoms with E-state index in [9.17, 15) is 9.59 Å². The quantitative estimate of drug-likeness (QED) is 0.806. The molecule has 148 valence electrons. The third-order valence-electron chi connectivity index (χ3n) is 4.82. The number of para-hydroxylation sites is 2. The summed E-state index contributed by atoms with van der Waals surface area (Å²) in [6.07, 6.45) is 0. The predicted octanol–water partition coefficient (Wildman–Crippen LogP) is 1.27. The van der Waals surface area contributed by atoms with E-state index in [4.69, 9.17) is 13.9 Å². The second-order valence-electron chi connectivity index (χ2n) is 6.71. The van der Waals surface area contributed by atoms with Gasteiger partial charge in [-0.05, 0) is 24.3 Å². The number of carbonyl (C=O) groups excluding carboxylic acids is 2. The smallest absolute Gasteiger partial charge is 0.287 e. The highest BCUT2D eigenvalue weighted by molar-refractivity contribution is 5.97. The van der Waals surface area contributed by atoms with Gasteiger partial charge in [-0.15, -0.1) is 0 Å². The lowest BCUT2D eigenvalue weighted by Crippen LogP contribution is -2.41. The number of nitrogens with one attached hydrogen (secondary N) is 1. The van der Waals surface area contributed by atoms with Gasteiger partial charge < -0.3 is 19.2 Å². The number of ether oxygens (including phenoxy) is 2. The minimum absolute atomic E-state index is 0.00734. The molecule has 0 radical (unpaired) electrons. The molecule has 0 saturated carbocycles. The van der Waals surface area contributed by atoms with Crippen LogP contribution in [0.25, 0.3) is 0 Å². The van der Waals surface area contributed by atoms with Gasteiger partial charge in [0.25, 0.3) is 11.8 Å². The maximum atomic E-state index is 12.3. The molecule has 8 heteroatoms. The fourth-order valence-electron chi connectivity index (χ4n) is 3.31. The zero-order chi connectivity index (χ0) is 19.3. The molecule has 1 fully saturated rings. The van der Waals surface area contributed by atoms with Crippen LogP contribution in [-0.4, -0.2) is 62.7 Å². The number of hydrogen-bond acceptors (Lipinski definition) is 6. The van der Waals surface area contributed by atoms with Crippen LogP contribution in [0.3, 0.4) is 0 Å². The van der Waals surface area contributed by atoms with Crippen molar-refractivity contribution in [3.63, 3.8) is 0 Å². The van der Waals surface area contributed by atoms with E-state index < -0.39 is 0 Å². The molecule has 0 atom stereocenters. The Bertz CT molecular complexity index is 844. The molecule has 2 aromatic rings. The Morgan fingerprint density at radius 3 is 2.79 bits per heavy atom. The van der Waals surface area contributed by atoms with E-state index in [0.717, 1.165) is 32.8 Å². The molecule has 1 aromatic heterocycles. The van der Waals surface area contributed by atoms with Crippen LogP contribution < -0.4 is 15.0 Å². The van der Waals surface area contributed by atoms with Crippen molar-refractivity contribution in [1.29, 1.82) is 0 Å². The van der Waals surface area contributed by atoms with Gasteiger partial charge >= 0.3 is 0 Å². The third kappa shape index (κ3) is 4.18. The van der Waals surface area contributed by atoms with Crippen molar-refractivity contribution in [3.8, 4) is 5.75 Å². The monoisotopic (exact) mass is 385 g/mol. The van der Waals surface area contributed by atoms with E-state index in [2.05, 4.69) is 10.2 Å². The number of furan rings is 1. The maximum Gasteiger partial charge on any atom is 0.287 e. The number of fused-ring (bicyclic) bond motifs is 1. The van der Waals surface area contributed by atoms with Crippen molar-refractivity contribution in [2.24, 2.45) is 0 Å². The molecule has 1 N–H and O–H groups in total. The first-order chi connectivity index (χ1) is 13.7. The molecule has 3 heterocycles. The third-order valence-corrected chi connectivity index (χ3v) is 4.82. The lowest BCUT2D eigenvalue weighted by molar-refractivity contribution is -0.121. The zero-order valence-corrected chi connectivity index (χ0v) is 15.6. The summed E-state index contributed by atoms with van der Waals surface area (Å²) in [5.74, 6) is 1.05. The summed E-state index contributed by atoms with van der Waals surface area (Å²) in [5.41, 5.74) is 0.701. The van der Waals surface area contributed by atoms with Crippen LogP contribution in [0.1, 0.15) is 16.3 Å². The number of morpholine rings is 1. The summed E-state index contributed by atoms with van der Waals surface area (Å²) in [4.78, 5) is 28.4. The van der Waals surface area contributed by atoms with Crippen molar-refractivity contribution in [2.75, 3.05) is 50.9 Å². The largest absolute Gasteiger partial charge is 0.482 e. The van der Waals surface area contributed by atoms with E-state index >= 15 is 0 Å². The predicted molar refractivity (Wildman–Crippen MR) is 101 cm³/mol. The van der Waals surface area contributed by atoms with Gasteiger partial charge in [0.1, 0.15) is 11.5 Å². The van der Waals surface area contributed by atoms with Crippen molar-refractivity contribution < 1.29 is 23.5 Å². The Hall–Kier alpha value is -2.84. The molecule has 2 amide bonds. The Labute approximate surface area is 163 Å². The van der Waals surface area contributed by atoms with Gasteiger partial charge in [0.2, 0.25) is 0 Å². The van der Waals surface area contributed by atoms with E-state index in [0.29, 0.717) is 23.7 Å². The van der Waals surface area contributed by atoms with Crippen molar-refractivity contribution in [1.82, 2.24) is 10.2 Å². The van der Waals surface area contributed by atoms with Gasteiger partial charge in [-0.1, -0.05) is 12.1 Å². The number of nitrogens with zero attached hydrogens (tertiary/aromatic N) is 2.